The van der Waals surface area contributed by atoms with Crippen LogP contribution in [0, 0.1) is 18.7 Å². The van der Waals surface area contributed by atoms with E-state index in [9.17, 15) is 9.18 Å². The highest BCUT2D eigenvalue weighted by Crippen LogP contribution is 2.20. The minimum absolute atomic E-state index is 0.252. The van der Waals surface area contributed by atoms with Gasteiger partial charge in [-0.3, -0.25) is 4.79 Å². The maximum absolute atomic E-state index is 13.2. The maximum atomic E-state index is 13.2. The highest BCUT2D eigenvalue weighted by atomic mass is 19.1. The molecule has 0 aliphatic carbocycles. The number of nitrogens with one attached hydrogen (secondary N) is 1. The first-order chi connectivity index (χ1) is 7.43. The summed E-state index contributed by atoms with van der Waals surface area (Å²) >= 11 is 0. The van der Waals surface area contributed by atoms with Gasteiger partial charge in [0, 0.05) is 17.3 Å². The van der Waals surface area contributed by atoms with E-state index in [4.69, 9.17) is 5.11 Å². The van der Waals surface area contributed by atoms with Gasteiger partial charge in [-0.2, -0.15) is 0 Å². The Kier molecular flexibility index (Phi) is 3.88. The fraction of sp³-hybridized carbons (Fsp3) is 0.417. The van der Waals surface area contributed by atoms with Gasteiger partial charge in [-0.1, -0.05) is 6.07 Å². The number of carboxylic acid groups (broad SMARTS) is 1. The van der Waals surface area contributed by atoms with Crippen molar-refractivity contribution in [1.82, 2.24) is 0 Å². The van der Waals surface area contributed by atoms with E-state index >= 15 is 0 Å². The van der Waals surface area contributed by atoms with Crippen LogP contribution in [-0.4, -0.2) is 17.1 Å². The standard InChI is InChI=1S/C12H16FNO2/c1-7(12(15)16)9(3)14-11-6-4-5-10(13)8(11)2/h4-7,9,14H,1-3H3,(H,15,16). The summed E-state index contributed by atoms with van der Waals surface area (Å²) in [6, 6.07) is 4.47. The maximum Gasteiger partial charge on any atom is 0.308 e. The van der Waals surface area contributed by atoms with Gasteiger partial charge >= 0.3 is 5.97 Å². The monoisotopic (exact) mass is 225 g/mol. The quantitative estimate of drug-likeness (QED) is 0.828. The van der Waals surface area contributed by atoms with Crippen LogP contribution >= 0.6 is 0 Å². The number of rotatable bonds is 4. The molecule has 16 heavy (non-hydrogen) atoms. The number of carbonyl (C=O) groups is 1. The smallest absolute Gasteiger partial charge is 0.308 e. The lowest BCUT2D eigenvalue weighted by Crippen LogP contribution is -2.30. The zero-order chi connectivity index (χ0) is 12.3. The van der Waals surface area contributed by atoms with Crippen LogP contribution in [0.2, 0.25) is 0 Å². The number of hydrogen-bond donors (Lipinski definition) is 2. The summed E-state index contributed by atoms with van der Waals surface area (Å²) in [5, 5.41) is 11.9. The molecule has 2 atom stereocenters. The van der Waals surface area contributed by atoms with E-state index in [1.165, 1.54) is 6.07 Å². The first-order valence-corrected chi connectivity index (χ1v) is 5.18. The van der Waals surface area contributed by atoms with Gasteiger partial charge in [-0.25, -0.2) is 4.39 Å². The molecular formula is C12H16FNO2. The highest BCUT2D eigenvalue weighted by molar-refractivity contribution is 5.71. The minimum atomic E-state index is -0.867. The van der Waals surface area contributed by atoms with Gasteiger partial charge in [0.25, 0.3) is 0 Å². The number of hydrogen-bond acceptors (Lipinski definition) is 2. The Hall–Kier alpha value is -1.58. The van der Waals surface area contributed by atoms with Crippen molar-refractivity contribution in [2.75, 3.05) is 5.32 Å². The molecule has 4 heteroatoms. The van der Waals surface area contributed by atoms with Crippen molar-refractivity contribution in [3.63, 3.8) is 0 Å². The molecule has 0 spiro atoms. The lowest BCUT2D eigenvalue weighted by molar-refractivity contribution is -0.141. The number of benzene rings is 1. The normalized spacial score (nSPS) is 14.2. The van der Waals surface area contributed by atoms with Crippen molar-refractivity contribution < 1.29 is 14.3 Å². The van der Waals surface area contributed by atoms with Crippen LogP contribution < -0.4 is 5.32 Å². The second-order valence-electron chi connectivity index (χ2n) is 3.97. The fourth-order valence-electron chi connectivity index (χ4n) is 1.35. The summed E-state index contributed by atoms with van der Waals surface area (Å²) in [7, 11) is 0. The Bertz CT molecular complexity index is 393. The summed E-state index contributed by atoms with van der Waals surface area (Å²) in [4.78, 5) is 10.8. The van der Waals surface area contributed by atoms with Crippen LogP contribution in [0.15, 0.2) is 18.2 Å². The Morgan fingerprint density at radius 1 is 1.44 bits per heavy atom. The summed E-state index contributed by atoms with van der Waals surface area (Å²) in [5.41, 5.74) is 1.15. The molecule has 1 rings (SSSR count). The molecule has 0 fully saturated rings. The number of halogens is 1. The molecule has 0 aromatic heterocycles. The van der Waals surface area contributed by atoms with E-state index in [1.54, 1.807) is 32.9 Å². The fourth-order valence-corrected chi connectivity index (χ4v) is 1.35. The Labute approximate surface area is 94.3 Å². The first kappa shape index (κ1) is 12.5. The van der Waals surface area contributed by atoms with Gasteiger partial charge in [0.15, 0.2) is 0 Å². The molecule has 0 aliphatic rings. The van der Waals surface area contributed by atoms with E-state index in [0.29, 0.717) is 11.3 Å². The average Bonchev–Trinajstić information content (AvgIpc) is 2.23. The topological polar surface area (TPSA) is 49.3 Å². The van der Waals surface area contributed by atoms with E-state index in [1.807, 2.05) is 0 Å². The van der Waals surface area contributed by atoms with E-state index < -0.39 is 11.9 Å². The molecule has 3 nitrogen and oxygen atoms in total. The molecule has 0 amide bonds. The summed E-state index contributed by atoms with van der Waals surface area (Å²) in [5.74, 6) is -1.68. The third kappa shape index (κ3) is 2.72. The van der Waals surface area contributed by atoms with E-state index in [2.05, 4.69) is 5.32 Å². The lowest BCUT2D eigenvalue weighted by Gasteiger charge is -2.20. The molecule has 1 aromatic carbocycles. The number of anilines is 1. The summed E-state index contributed by atoms with van der Waals surface area (Å²) in [6.45, 7) is 5.05. The van der Waals surface area contributed by atoms with Gasteiger partial charge < -0.3 is 10.4 Å². The zero-order valence-electron chi connectivity index (χ0n) is 9.62. The van der Waals surface area contributed by atoms with Crippen LogP contribution in [0.3, 0.4) is 0 Å². The van der Waals surface area contributed by atoms with Gasteiger partial charge in [-0.15, -0.1) is 0 Å². The van der Waals surface area contributed by atoms with Crippen molar-refractivity contribution >= 4 is 11.7 Å². The Morgan fingerprint density at radius 3 is 2.62 bits per heavy atom. The summed E-state index contributed by atoms with van der Waals surface area (Å²) < 4.78 is 13.2. The van der Waals surface area contributed by atoms with Gasteiger partial charge in [0.05, 0.1) is 5.92 Å². The van der Waals surface area contributed by atoms with E-state index in [0.717, 1.165) is 0 Å². The van der Waals surface area contributed by atoms with Crippen LogP contribution in [-0.2, 0) is 4.79 Å². The van der Waals surface area contributed by atoms with Crippen molar-refractivity contribution in [2.24, 2.45) is 5.92 Å². The lowest BCUT2D eigenvalue weighted by atomic mass is 10.0. The molecule has 2 N–H and O–H groups in total. The second-order valence-corrected chi connectivity index (χ2v) is 3.97. The molecule has 0 saturated carbocycles. The van der Waals surface area contributed by atoms with Crippen molar-refractivity contribution in [3.8, 4) is 0 Å². The van der Waals surface area contributed by atoms with E-state index in [-0.39, 0.29) is 11.9 Å². The summed E-state index contributed by atoms with van der Waals surface area (Å²) in [6.07, 6.45) is 0. The molecule has 88 valence electrons. The minimum Gasteiger partial charge on any atom is -0.481 e. The van der Waals surface area contributed by atoms with Crippen molar-refractivity contribution in [2.45, 2.75) is 26.8 Å². The molecule has 0 heterocycles. The average molecular weight is 225 g/mol. The van der Waals surface area contributed by atoms with Crippen LogP contribution in [0.5, 0.6) is 0 Å². The van der Waals surface area contributed by atoms with Gasteiger partial charge in [-0.05, 0) is 32.9 Å². The van der Waals surface area contributed by atoms with Crippen molar-refractivity contribution in [3.05, 3.63) is 29.6 Å². The SMILES string of the molecule is Cc1c(F)cccc1NC(C)C(C)C(=O)O. The predicted octanol–water partition coefficient (Wildman–Crippen LogP) is 2.66. The second kappa shape index (κ2) is 4.96. The number of aliphatic carboxylic acids is 1. The third-order valence-electron chi connectivity index (χ3n) is 2.79. The Morgan fingerprint density at radius 2 is 2.06 bits per heavy atom. The molecule has 2 unspecified atom stereocenters. The molecule has 0 bridgehead atoms. The van der Waals surface area contributed by atoms with Gasteiger partial charge in [0.1, 0.15) is 5.82 Å². The third-order valence-corrected chi connectivity index (χ3v) is 2.79. The van der Waals surface area contributed by atoms with Gasteiger partial charge in [0.2, 0.25) is 0 Å². The first-order valence-electron chi connectivity index (χ1n) is 5.18. The molecule has 0 aliphatic heterocycles. The highest BCUT2D eigenvalue weighted by Gasteiger charge is 2.19. The largest absolute Gasteiger partial charge is 0.481 e. The molecule has 1 aromatic rings. The Balaban J connectivity index is 2.81. The molecule has 0 radical (unpaired) electrons. The zero-order valence-corrected chi connectivity index (χ0v) is 9.62. The predicted molar refractivity (Wildman–Crippen MR) is 61.0 cm³/mol. The van der Waals surface area contributed by atoms with Crippen molar-refractivity contribution in [1.29, 1.82) is 0 Å². The molecule has 0 saturated heterocycles. The molecular weight excluding hydrogens is 209 g/mol. The van der Waals surface area contributed by atoms with Crippen LogP contribution in [0.25, 0.3) is 0 Å². The van der Waals surface area contributed by atoms with Crippen LogP contribution in [0.4, 0.5) is 10.1 Å². The number of carboxylic acids is 1. The van der Waals surface area contributed by atoms with Crippen LogP contribution in [0.1, 0.15) is 19.4 Å².